The van der Waals surface area contributed by atoms with Crippen molar-refractivity contribution >= 4 is 5.69 Å². The highest BCUT2D eigenvalue weighted by molar-refractivity contribution is 5.56. The van der Waals surface area contributed by atoms with E-state index in [1.165, 1.54) is 49.8 Å². The average Bonchev–Trinajstić information content (AvgIpc) is 2.47. The second kappa shape index (κ2) is 7.68. The number of hydrogen-bond donors (Lipinski definition) is 1. The molecule has 2 N–H and O–H groups in total. The maximum atomic E-state index is 6.08. The van der Waals surface area contributed by atoms with Crippen molar-refractivity contribution in [3.8, 4) is 0 Å². The Morgan fingerprint density at radius 3 is 2.80 bits per heavy atom. The smallest absolute Gasteiger partial charge is 0.0412 e. The van der Waals surface area contributed by atoms with E-state index < -0.39 is 0 Å². The van der Waals surface area contributed by atoms with Gasteiger partial charge in [0.05, 0.1) is 0 Å². The quantitative estimate of drug-likeness (QED) is 0.762. The van der Waals surface area contributed by atoms with Gasteiger partial charge in [0.25, 0.3) is 0 Å². The number of nitrogens with two attached hydrogens (primary N) is 1. The van der Waals surface area contributed by atoms with E-state index in [2.05, 4.69) is 43.0 Å². The maximum Gasteiger partial charge on any atom is 0.0412 e. The van der Waals surface area contributed by atoms with Gasteiger partial charge in [-0.15, -0.1) is 0 Å². The van der Waals surface area contributed by atoms with Crippen LogP contribution in [-0.4, -0.2) is 19.1 Å². The zero-order chi connectivity index (χ0) is 14.4. The summed E-state index contributed by atoms with van der Waals surface area (Å²) in [7, 11) is 0. The van der Waals surface area contributed by atoms with Crippen molar-refractivity contribution in [3.63, 3.8) is 0 Å². The van der Waals surface area contributed by atoms with Crippen LogP contribution in [0.1, 0.15) is 51.5 Å². The van der Waals surface area contributed by atoms with E-state index in [9.17, 15) is 0 Å². The van der Waals surface area contributed by atoms with Crippen molar-refractivity contribution < 1.29 is 0 Å². The Hall–Kier alpha value is -1.02. The monoisotopic (exact) mass is 274 g/mol. The predicted octanol–water partition coefficient (Wildman–Crippen LogP) is 3.98. The van der Waals surface area contributed by atoms with Gasteiger partial charge in [-0.25, -0.2) is 0 Å². The normalized spacial score (nSPS) is 19.8. The molecule has 1 aliphatic heterocycles. The second-order valence-electron chi connectivity index (χ2n) is 6.33. The summed E-state index contributed by atoms with van der Waals surface area (Å²) in [5.41, 5.74) is 9.01. The topological polar surface area (TPSA) is 29.3 Å². The zero-order valence-electron chi connectivity index (χ0n) is 13.1. The number of anilines is 1. The van der Waals surface area contributed by atoms with Crippen LogP contribution in [0.5, 0.6) is 0 Å². The fraction of sp³-hybridized carbons (Fsp3) is 0.667. The summed E-state index contributed by atoms with van der Waals surface area (Å²) in [6, 6.07) is 9.38. The van der Waals surface area contributed by atoms with Gasteiger partial charge in [-0.05, 0) is 30.4 Å². The van der Waals surface area contributed by atoms with Crippen LogP contribution in [0, 0.1) is 5.92 Å². The standard InChI is InChI=1S/C18H30N2/c1-3-4-5-6-10-17(13-19)20-14-15(2)12-16-9-7-8-11-18(16)20/h7-9,11,15,17H,3-6,10,12-14,19H2,1-2H3. The molecule has 0 saturated carbocycles. The highest BCUT2D eigenvalue weighted by atomic mass is 15.2. The van der Waals surface area contributed by atoms with Crippen molar-refractivity contribution in [2.24, 2.45) is 11.7 Å². The number of para-hydroxylation sites is 1. The van der Waals surface area contributed by atoms with Crippen LogP contribution >= 0.6 is 0 Å². The minimum atomic E-state index is 0.510. The SMILES string of the molecule is CCCCCCC(CN)N1CC(C)Cc2ccccc21. The molecular formula is C18H30N2. The highest BCUT2D eigenvalue weighted by Crippen LogP contribution is 2.31. The molecule has 0 spiro atoms. The summed E-state index contributed by atoms with van der Waals surface area (Å²) in [5, 5.41) is 0. The van der Waals surface area contributed by atoms with Gasteiger partial charge < -0.3 is 10.6 Å². The number of benzene rings is 1. The fourth-order valence-electron chi connectivity index (χ4n) is 3.39. The van der Waals surface area contributed by atoms with Crippen LogP contribution in [0.3, 0.4) is 0 Å². The van der Waals surface area contributed by atoms with E-state index in [0.717, 1.165) is 19.0 Å². The third kappa shape index (κ3) is 3.76. The molecule has 1 aromatic rings. The zero-order valence-corrected chi connectivity index (χ0v) is 13.1. The number of fused-ring (bicyclic) bond motifs is 1. The Bertz CT molecular complexity index is 402. The van der Waals surface area contributed by atoms with Gasteiger partial charge in [0.1, 0.15) is 0 Å². The van der Waals surface area contributed by atoms with E-state index in [1.54, 1.807) is 0 Å². The van der Waals surface area contributed by atoms with Crippen molar-refractivity contribution in [2.75, 3.05) is 18.0 Å². The van der Waals surface area contributed by atoms with Gasteiger partial charge >= 0.3 is 0 Å². The lowest BCUT2D eigenvalue weighted by atomic mass is 9.91. The number of hydrogen-bond acceptors (Lipinski definition) is 2. The van der Waals surface area contributed by atoms with E-state index in [-0.39, 0.29) is 0 Å². The first-order valence-corrected chi connectivity index (χ1v) is 8.30. The molecule has 112 valence electrons. The minimum Gasteiger partial charge on any atom is -0.367 e. The molecule has 0 saturated heterocycles. The summed E-state index contributed by atoms with van der Waals surface area (Å²) in [4.78, 5) is 2.58. The third-order valence-corrected chi connectivity index (χ3v) is 4.48. The molecule has 0 aromatic heterocycles. The minimum absolute atomic E-state index is 0.510. The second-order valence-corrected chi connectivity index (χ2v) is 6.33. The van der Waals surface area contributed by atoms with Crippen molar-refractivity contribution in [2.45, 2.75) is 58.4 Å². The molecule has 0 bridgehead atoms. The molecule has 0 fully saturated rings. The fourth-order valence-corrected chi connectivity index (χ4v) is 3.39. The van der Waals surface area contributed by atoms with Crippen molar-refractivity contribution in [3.05, 3.63) is 29.8 Å². The van der Waals surface area contributed by atoms with Crippen molar-refractivity contribution in [1.29, 1.82) is 0 Å². The van der Waals surface area contributed by atoms with Crippen LogP contribution in [0.25, 0.3) is 0 Å². The van der Waals surface area contributed by atoms with Crippen LogP contribution in [0.2, 0.25) is 0 Å². The molecule has 2 heteroatoms. The van der Waals surface area contributed by atoms with Gasteiger partial charge in [0.15, 0.2) is 0 Å². The first kappa shape index (κ1) is 15.4. The molecule has 1 aliphatic rings. The molecular weight excluding hydrogens is 244 g/mol. The van der Waals surface area contributed by atoms with Crippen LogP contribution < -0.4 is 10.6 Å². The number of unbranched alkanes of at least 4 members (excludes halogenated alkanes) is 3. The van der Waals surface area contributed by atoms with Crippen LogP contribution in [0.4, 0.5) is 5.69 Å². The van der Waals surface area contributed by atoms with Gasteiger partial charge in [0, 0.05) is 24.8 Å². The Morgan fingerprint density at radius 1 is 1.25 bits per heavy atom. The third-order valence-electron chi connectivity index (χ3n) is 4.48. The predicted molar refractivity (Wildman–Crippen MR) is 88.3 cm³/mol. The van der Waals surface area contributed by atoms with Gasteiger partial charge in [-0.1, -0.05) is 57.7 Å². The number of rotatable bonds is 7. The first-order chi connectivity index (χ1) is 9.76. The molecule has 1 aromatic carbocycles. The van der Waals surface area contributed by atoms with Gasteiger partial charge in [0.2, 0.25) is 0 Å². The van der Waals surface area contributed by atoms with Crippen molar-refractivity contribution in [1.82, 2.24) is 0 Å². The van der Waals surface area contributed by atoms with Crippen LogP contribution in [-0.2, 0) is 6.42 Å². The molecule has 0 aliphatic carbocycles. The summed E-state index contributed by atoms with van der Waals surface area (Å²) in [6.45, 7) is 6.55. The Morgan fingerprint density at radius 2 is 2.05 bits per heavy atom. The highest BCUT2D eigenvalue weighted by Gasteiger charge is 2.26. The Balaban J connectivity index is 2.05. The molecule has 1 heterocycles. The molecule has 2 nitrogen and oxygen atoms in total. The average molecular weight is 274 g/mol. The molecule has 0 radical (unpaired) electrons. The summed E-state index contributed by atoms with van der Waals surface area (Å²) in [6.07, 6.45) is 7.75. The Labute approximate surface area is 124 Å². The first-order valence-electron chi connectivity index (χ1n) is 8.30. The molecule has 0 amide bonds. The lowest BCUT2D eigenvalue weighted by molar-refractivity contribution is 0.453. The van der Waals surface area contributed by atoms with Gasteiger partial charge in [-0.3, -0.25) is 0 Å². The van der Waals surface area contributed by atoms with E-state index in [1.807, 2.05) is 0 Å². The maximum absolute atomic E-state index is 6.08. The van der Waals surface area contributed by atoms with E-state index in [0.29, 0.717) is 6.04 Å². The lowest BCUT2D eigenvalue weighted by Crippen LogP contribution is -2.45. The van der Waals surface area contributed by atoms with E-state index in [4.69, 9.17) is 5.73 Å². The summed E-state index contributed by atoms with van der Waals surface area (Å²) < 4.78 is 0. The molecule has 2 rings (SSSR count). The van der Waals surface area contributed by atoms with E-state index >= 15 is 0 Å². The number of nitrogens with zero attached hydrogens (tertiary/aromatic N) is 1. The molecule has 2 unspecified atom stereocenters. The molecule has 2 atom stereocenters. The molecule has 20 heavy (non-hydrogen) atoms. The Kier molecular flexibility index (Phi) is 5.90. The largest absolute Gasteiger partial charge is 0.367 e. The van der Waals surface area contributed by atoms with Gasteiger partial charge in [-0.2, -0.15) is 0 Å². The van der Waals surface area contributed by atoms with Crippen LogP contribution in [0.15, 0.2) is 24.3 Å². The summed E-state index contributed by atoms with van der Waals surface area (Å²) in [5.74, 6) is 0.731. The lowest BCUT2D eigenvalue weighted by Gasteiger charge is -2.40. The summed E-state index contributed by atoms with van der Waals surface area (Å²) >= 11 is 0.